The third-order valence-electron chi connectivity index (χ3n) is 11.7. The Labute approximate surface area is 243 Å². The highest BCUT2D eigenvalue weighted by Crippen LogP contribution is 2.65. The van der Waals surface area contributed by atoms with Gasteiger partial charge in [-0.3, -0.25) is 8.98 Å². The zero-order valence-electron chi connectivity index (χ0n) is 26.3. The van der Waals surface area contributed by atoms with Gasteiger partial charge in [-0.05, 0) is 74.4 Å². The molecule has 1 heterocycles. The molecule has 4 aliphatic rings. The number of rotatable bonds is 8. The molecule has 0 N–H and O–H groups in total. The molecular formula is C30H54O8SSi. The van der Waals surface area contributed by atoms with Gasteiger partial charge in [0.25, 0.3) is 10.1 Å². The van der Waals surface area contributed by atoms with Gasteiger partial charge in [-0.2, -0.15) is 8.42 Å². The molecule has 1 saturated heterocycles. The molecule has 7 atom stereocenters. The van der Waals surface area contributed by atoms with E-state index in [0.29, 0.717) is 19.6 Å². The molecule has 0 aromatic rings. The number of carbonyl (C=O) groups is 1. The second-order valence-corrected chi connectivity index (χ2v) is 21.4. The van der Waals surface area contributed by atoms with Crippen LogP contribution in [0.2, 0.25) is 18.1 Å². The fourth-order valence-corrected chi connectivity index (χ4v) is 10.2. The Balaban J connectivity index is 1.63. The van der Waals surface area contributed by atoms with Crippen molar-refractivity contribution in [1.82, 2.24) is 0 Å². The molecule has 0 radical (unpaired) electrons. The molecule has 0 unspecified atom stereocenters. The van der Waals surface area contributed by atoms with Crippen molar-refractivity contribution in [3.05, 3.63) is 0 Å². The van der Waals surface area contributed by atoms with E-state index in [1.165, 1.54) is 6.92 Å². The largest absolute Gasteiger partial charge is 0.462 e. The minimum Gasteiger partial charge on any atom is -0.462 e. The molecule has 1 spiro atoms. The van der Waals surface area contributed by atoms with Crippen molar-refractivity contribution in [2.75, 3.05) is 26.1 Å². The lowest BCUT2D eigenvalue weighted by Crippen LogP contribution is -2.58. The molecule has 232 valence electrons. The van der Waals surface area contributed by atoms with Gasteiger partial charge in [0.1, 0.15) is 6.10 Å². The summed E-state index contributed by atoms with van der Waals surface area (Å²) in [6.45, 7) is 18.9. The molecule has 3 aliphatic carbocycles. The van der Waals surface area contributed by atoms with Crippen molar-refractivity contribution < 1.29 is 36.0 Å². The number of hydrogen-bond acceptors (Lipinski definition) is 8. The average molecular weight is 603 g/mol. The number of fused-ring (bicyclic) bond motifs is 2. The van der Waals surface area contributed by atoms with Crippen LogP contribution in [0, 0.1) is 28.6 Å². The standard InChI is InChI=1S/C30H54O8SSi/c1-21(31)37-26-24(11-15-29(6)25(26)12-16-30(29)34-18-19-35-30)28(5)14-10-23(38-40(8,9)27(2,3)4)20-22(28)13-17-36-39(7,32)33/h22-26H,10-20H2,1-9H3/t22-,23-,24+,25+,26+,28-,29-/m0/s1. The first-order valence-electron chi connectivity index (χ1n) is 15.3. The summed E-state index contributed by atoms with van der Waals surface area (Å²) in [7, 11) is -5.50. The second-order valence-electron chi connectivity index (χ2n) is 15.0. The van der Waals surface area contributed by atoms with Crippen LogP contribution in [0.15, 0.2) is 0 Å². The fourth-order valence-electron chi connectivity index (χ4n) is 8.38. The summed E-state index contributed by atoms with van der Waals surface area (Å²) < 4.78 is 54.7. The molecule has 8 nitrogen and oxygen atoms in total. The summed E-state index contributed by atoms with van der Waals surface area (Å²) in [4.78, 5) is 12.5. The van der Waals surface area contributed by atoms with Gasteiger partial charge in [0.2, 0.25) is 0 Å². The van der Waals surface area contributed by atoms with Crippen molar-refractivity contribution >= 4 is 24.4 Å². The van der Waals surface area contributed by atoms with E-state index in [1.54, 1.807) is 0 Å². The first-order chi connectivity index (χ1) is 18.3. The van der Waals surface area contributed by atoms with Gasteiger partial charge in [0, 0.05) is 36.7 Å². The molecule has 1 aliphatic heterocycles. The predicted molar refractivity (Wildman–Crippen MR) is 157 cm³/mol. The maximum absolute atomic E-state index is 12.5. The quantitative estimate of drug-likeness (QED) is 0.188. The Bertz CT molecular complexity index is 1030. The molecule has 0 amide bonds. The van der Waals surface area contributed by atoms with E-state index in [1.807, 2.05) is 0 Å². The second kappa shape index (κ2) is 11.2. The van der Waals surface area contributed by atoms with Crippen LogP contribution in [-0.2, 0) is 37.7 Å². The summed E-state index contributed by atoms with van der Waals surface area (Å²) in [5.41, 5.74) is -0.364. The Morgan fingerprint density at radius 1 is 1.00 bits per heavy atom. The third kappa shape index (κ3) is 6.09. The van der Waals surface area contributed by atoms with Crippen molar-refractivity contribution in [3.63, 3.8) is 0 Å². The SMILES string of the molecule is CC(=O)O[C@@H]1[C@H]([C@@]2(C)CC[C@H](O[Si](C)(C)C(C)(C)C)C[C@@H]2CCOS(C)(=O)=O)CC[C@@]2(C)[C@@H]1CCC21OCCO1. The maximum Gasteiger partial charge on any atom is 0.302 e. The summed E-state index contributed by atoms with van der Waals surface area (Å²) >= 11 is 0. The van der Waals surface area contributed by atoms with Crippen molar-refractivity contribution in [3.8, 4) is 0 Å². The fraction of sp³-hybridized carbons (Fsp3) is 0.967. The minimum atomic E-state index is -3.53. The minimum absolute atomic E-state index is 0.111. The molecule has 4 fully saturated rings. The van der Waals surface area contributed by atoms with E-state index in [2.05, 4.69) is 47.7 Å². The normalized spacial score (nSPS) is 38.4. The first-order valence-corrected chi connectivity index (χ1v) is 20.0. The van der Waals surface area contributed by atoms with Crippen LogP contribution in [0.1, 0.15) is 92.9 Å². The zero-order chi connectivity index (χ0) is 29.8. The van der Waals surface area contributed by atoms with Gasteiger partial charge < -0.3 is 18.6 Å². The summed E-state index contributed by atoms with van der Waals surface area (Å²) in [6, 6.07) is 0. The number of esters is 1. The molecule has 10 heteroatoms. The van der Waals surface area contributed by atoms with Gasteiger partial charge in [-0.15, -0.1) is 0 Å². The van der Waals surface area contributed by atoms with E-state index in [-0.39, 0.29) is 58.4 Å². The van der Waals surface area contributed by atoms with Crippen LogP contribution in [0.3, 0.4) is 0 Å². The number of carbonyl (C=O) groups excluding carboxylic acids is 1. The molecule has 3 saturated carbocycles. The van der Waals surface area contributed by atoms with Gasteiger partial charge >= 0.3 is 5.97 Å². The lowest BCUT2D eigenvalue weighted by molar-refractivity contribution is -0.252. The third-order valence-corrected chi connectivity index (χ3v) is 16.8. The topological polar surface area (TPSA) is 97.4 Å². The monoisotopic (exact) mass is 602 g/mol. The molecule has 0 aromatic heterocycles. The highest BCUT2D eigenvalue weighted by atomic mass is 32.2. The summed E-state index contributed by atoms with van der Waals surface area (Å²) in [5.74, 6) is -0.343. The smallest absolute Gasteiger partial charge is 0.302 e. The van der Waals surface area contributed by atoms with E-state index in [9.17, 15) is 13.2 Å². The molecule has 0 aromatic carbocycles. The first kappa shape index (κ1) is 32.4. The summed E-state index contributed by atoms with van der Waals surface area (Å²) in [5, 5.41) is 0.111. The van der Waals surface area contributed by atoms with Gasteiger partial charge in [0.05, 0.1) is 26.1 Å². The lowest BCUT2D eigenvalue weighted by atomic mass is 9.51. The molecule has 4 rings (SSSR count). The Kier molecular flexibility index (Phi) is 9.07. The molecule has 0 bridgehead atoms. The van der Waals surface area contributed by atoms with Crippen molar-refractivity contribution in [2.45, 2.75) is 129 Å². The molecule has 40 heavy (non-hydrogen) atoms. The Morgan fingerprint density at radius 2 is 1.62 bits per heavy atom. The maximum atomic E-state index is 12.5. The van der Waals surface area contributed by atoms with Crippen LogP contribution in [-0.4, -0.2) is 66.8 Å². The number of ether oxygens (including phenoxy) is 3. The molecular weight excluding hydrogens is 548 g/mol. The average Bonchev–Trinajstić information content (AvgIpc) is 3.40. The van der Waals surface area contributed by atoms with E-state index in [0.717, 1.165) is 51.2 Å². The van der Waals surface area contributed by atoms with Crippen LogP contribution < -0.4 is 0 Å². The van der Waals surface area contributed by atoms with E-state index in [4.69, 9.17) is 22.8 Å². The summed E-state index contributed by atoms with van der Waals surface area (Å²) in [6.07, 6.45) is 7.98. The zero-order valence-corrected chi connectivity index (χ0v) is 28.2. The van der Waals surface area contributed by atoms with Crippen LogP contribution in [0.25, 0.3) is 0 Å². The highest BCUT2D eigenvalue weighted by molar-refractivity contribution is 7.85. The highest BCUT2D eigenvalue weighted by Gasteiger charge is 2.67. The van der Waals surface area contributed by atoms with Crippen LogP contribution in [0.4, 0.5) is 0 Å². The van der Waals surface area contributed by atoms with Crippen LogP contribution in [0.5, 0.6) is 0 Å². The van der Waals surface area contributed by atoms with Gasteiger partial charge in [0.15, 0.2) is 14.1 Å². The van der Waals surface area contributed by atoms with E-state index < -0.39 is 24.2 Å². The van der Waals surface area contributed by atoms with E-state index >= 15 is 0 Å². The predicted octanol–water partition coefficient (Wildman–Crippen LogP) is 6.05. The Hall–Kier alpha value is -0.523. The number of hydrogen-bond donors (Lipinski definition) is 0. The van der Waals surface area contributed by atoms with Gasteiger partial charge in [-0.25, -0.2) is 0 Å². The van der Waals surface area contributed by atoms with Crippen LogP contribution >= 0.6 is 0 Å². The van der Waals surface area contributed by atoms with Crippen molar-refractivity contribution in [2.24, 2.45) is 28.6 Å². The van der Waals surface area contributed by atoms with Crippen molar-refractivity contribution in [1.29, 1.82) is 0 Å². The Morgan fingerprint density at radius 3 is 2.20 bits per heavy atom. The van der Waals surface area contributed by atoms with Gasteiger partial charge in [-0.1, -0.05) is 34.6 Å². The lowest BCUT2D eigenvalue weighted by Gasteiger charge is -2.58.